The lowest BCUT2D eigenvalue weighted by Crippen LogP contribution is -2.12. The summed E-state index contributed by atoms with van der Waals surface area (Å²) in [5.41, 5.74) is -0.962. The summed E-state index contributed by atoms with van der Waals surface area (Å²) in [6, 6.07) is 9.14. The van der Waals surface area contributed by atoms with Crippen LogP contribution in [0.4, 0.5) is 17.1 Å². The summed E-state index contributed by atoms with van der Waals surface area (Å²) in [7, 11) is 0. The molecule has 1 N–H and O–H groups in total. The van der Waals surface area contributed by atoms with Gasteiger partial charge in [0.05, 0.1) is 9.85 Å². The SMILES string of the molecule is O=C(Nc1ccc([N+](=O)[O-])c([N+](=O)[O-])c1)c1ccc(Cl)cc1. The lowest BCUT2D eigenvalue weighted by atomic mass is 10.2. The highest BCUT2D eigenvalue weighted by Crippen LogP contribution is 2.29. The second-order valence-electron chi connectivity index (χ2n) is 4.18. The van der Waals surface area contributed by atoms with Gasteiger partial charge in [-0.25, -0.2) is 0 Å². The Morgan fingerprint density at radius 3 is 2.09 bits per heavy atom. The molecule has 0 unspecified atom stereocenters. The molecule has 0 heterocycles. The molecule has 0 aromatic heterocycles. The van der Waals surface area contributed by atoms with E-state index >= 15 is 0 Å². The van der Waals surface area contributed by atoms with Crippen molar-refractivity contribution in [2.75, 3.05) is 5.32 Å². The summed E-state index contributed by atoms with van der Waals surface area (Å²) in [4.78, 5) is 31.8. The van der Waals surface area contributed by atoms with Gasteiger partial charge in [-0.3, -0.25) is 25.0 Å². The van der Waals surface area contributed by atoms with Gasteiger partial charge in [-0.1, -0.05) is 11.6 Å². The first-order valence-corrected chi connectivity index (χ1v) is 6.26. The molecule has 0 aliphatic carbocycles. The van der Waals surface area contributed by atoms with E-state index in [2.05, 4.69) is 5.32 Å². The van der Waals surface area contributed by atoms with Crippen molar-refractivity contribution in [3.63, 3.8) is 0 Å². The normalized spacial score (nSPS) is 10.0. The Morgan fingerprint density at radius 2 is 1.55 bits per heavy atom. The van der Waals surface area contributed by atoms with Crippen molar-refractivity contribution < 1.29 is 14.6 Å². The van der Waals surface area contributed by atoms with Crippen LogP contribution in [0, 0.1) is 20.2 Å². The average Bonchev–Trinajstić information content (AvgIpc) is 2.47. The van der Waals surface area contributed by atoms with Crippen molar-refractivity contribution in [2.24, 2.45) is 0 Å². The van der Waals surface area contributed by atoms with Gasteiger partial charge in [0.15, 0.2) is 0 Å². The van der Waals surface area contributed by atoms with Crippen LogP contribution in [0.25, 0.3) is 0 Å². The smallest absolute Gasteiger partial charge is 0.322 e. The number of hydrogen-bond acceptors (Lipinski definition) is 5. The molecule has 0 fully saturated rings. The van der Waals surface area contributed by atoms with Gasteiger partial charge in [0, 0.05) is 28.4 Å². The van der Waals surface area contributed by atoms with E-state index in [-0.39, 0.29) is 5.69 Å². The standard InChI is InChI=1S/C13H8ClN3O5/c14-9-3-1-8(2-4-9)13(18)15-10-5-6-11(16(19)20)12(7-10)17(21)22/h1-7H,(H,15,18). The Kier molecular flexibility index (Phi) is 4.33. The van der Waals surface area contributed by atoms with E-state index in [4.69, 9.17) is 11.6 Å². The van der Waals surface area contributed by atoms with Crippen LogP contribution >= 0.6 is 11.6 Å². The van der Waals surface area contributed by atoms with Crippen molar-refractivity contribution in [2.45, 2.75) is 0 Å². The number of halogens is 1. The van der Waals surface area contributed by atoms with E-state index in [1.165, 1.54) is 30.3 Å². The highest BCUT2D eigenvalue weighted by Gasteiger charge is 2.24. The first kappa shape index (κ1) is 15.4. The number of nitro groups is 2. The zero-order valence-corrected chi connectivity index (χ0v) is 11.6. The molecule has 0 saturated heterocycles. The second kappa shape index (κ2) is 6.19. The molecular formula is C13H8ClN3O5. The Hall–Kier alpha value is -3.00. The summed E-state index contributed by atoms with van der Waals surface area (Å²) < 4.78 is 0. The minimum absolute atomic E-state index is 0.0808. The molecule has 8 nitrogen and oxygen atoms in total. The van der Waals surface area contributed by atoms with Gasteiger partial charge >= 0.3 is 11.4 Å². The maximum absolute atomic E-state index is 12.0. The predicted octanol–water partition coefficient (Wildman–Crippen LogP) is 3.41. The third kappa shape index (κ3) is 3.36. The summed E-state index contributed by atoms with van der Waals surface area (Å²) >= 11 is 5.71. The maximum Gasteiger partial charge on any atom is 0.348 e. The summed E-state index contributed by atoms with van der Waals surface area (Å²) in [5, 5.41) is 24.5. The first-order chi connectivity index (χ1) is 10.4. The fraction of sp³-hybridized carbons (Fsp3) is 0. The third-order valence-electron chi connectivity index (χ3n) is 2.73. The molecule has 0 aliphatic rings. The molecule has 9 heteroatoms. The van der Waals surface area contributed by atoms with Crippen LogP contribution in [0.5, 0.6) is 0 Å². The first-order valence-electron chi connectivity index (χ1n) is 5.88. The molecule has 1 amide bonds. The lowest BCUT2D eigenvalue weighted by Gasteiger charge is -2.05. The Balaban J connectivity index is 2.28. The third-order valence-corrected chi connectivity index (χ3v) is 2.99. The van der Waals surface area contributed by atoms with Gasteiger partial charge in [0.2, 0.25) is 0 Å². The van der Waals surface area contributed by atoms with Crippen molar-refractivity contribution in [1.29, 1.82) is 0 Å². The van der Waals surface area contributed by atoms with Gasteiger partial charge < -0.3 is 5.32 Å². The van der Waals surface area contributed by atoms with Gasteiger partial charge in [-0.2, -0.15) is 0 Å². The van der Waals surface area contributed by atoms with Crippen LogP contribution in [-0.2, 0) is 0 Å². The number of benzene rings is 2. The fourth-order valence-electron chi connectivity index (χ4n) is 1.71. The number of amides is 1. The molecule has 0 bridgehead atoms. The molecule has 2 aromatic carbocycles. The van der Waals surface area contributed by atoms with E-state index in [1.807, 2.05) is 0 Å². The van der Waals surface area contributed by atoms with Crippen LogP contribution in [0.1, 0.15) is 10.4 Å². The highest BCUT2D eigenvalue weighted by molar-refractivity contribution is 6.30. The number of anilines is 1. The molecule has 0 aliphatic heterocycles. The largest absolute Gasteiger partial charge is 0.348 e. The van der Waals surface area contributed by atoms with E-state index in [1.54, 1.807) is 0 Å². The van der Waals surface area contributed by atoms with Gasteiger partial charge in [-0.15, -0.1) is 0 Å². The van der Waals surface area contributed by atoms with E-state index in [0.717, 1.165) is 12.1 Å². The number of nitro benzene ring substituents is 2. The zero-order chi connectivity index (χ0) is 16.3. The molecule has 22 heavy (non-hydrogen) atoms. The van der Waals surface area contributed by atoms with E-state index in [9.17, 15) is 25.0 Å². The minimum atomic E-state index is -0.879. The van der Waals surface area contributed by atoms with E-state index < -0.39 is 27.1 Å². The monoisotopic (exact) mass is 321 g/mol. The fourth-order valence-corrected chi connectivity index (χ4v) is 1.83. The molecule has 0 spiro atoms. The molecule has 0 atom stereocenters. The van der Waals surface area contributed by atoms with Crippen molar-refractivity contribution in [3.05, 3.63) is 73.3 Å². The molecular weight excluding hydrogens is 314 g/mol. The maximum atomic E-state index is 12.0. The number of hydrogen-bond donors (Lipinski definition) is 1. The second-order valence-corrected chi connectivity index (χ2v) is 4.62. The lowest BCUT2D eigenvalue weighted by molar-refractivity contribution is -0.422. The Labute approximate surface area is 128 Å². The van der Waals surface area contributed by atoms with Gasteiger partial charge in [0.1, 0.15) is 0 Å². The average molecular weight is 322 g/mol. The summed E-state index contributed by atoms with van der Waals surface area (Å²) in [5.74, 6) is -0.514. The Morgan fingerprint density at radius 1 is 0.955 bits per heavy atom. The van der Waals surface area contributed by atoms with Crippen LogP contribution in [0.15, 0.2) is 42.5 Å². The number of carbonyl (C=O) groups is 1. The minimum Gasteiger partial charge on any atom is -0.322 e. The number of rotatable bonds is 4. The quantitative estimate of drug-likeness (QED) is 0.684. The van der Waals surface area contributed by atoms with Gasteiger partial charge in [-0.05, 0) is 30.3 Å². The van der Waals surface area contributed by atoms with Crippen molar-refractivity contribution in [3.8, 4) is 0 Å². The Bertz CT molecular complexity index is 761. The molecule has 112 valence electrons. The molecule has 2 rings (SSSR count). The van der Waals surface area contributed by atoms with Gasteiger partial charge in [0.25, 0.3) is 5.91 Å². The van der Waals surface area contributed by atoms with Crippen LogP contribution in [-0.4, -0.2) is 15.8 Å². The number of nitrogens with one attached hydrogen (secondary N) is 1. The van der Waals surface area contributed by atoms with E-state index in [0.29, 0.717) is 10.6 Å². The molecule has 2 aromatic rings. The molecule has 0 saturated carbocycles. The number of nitrogens with zero attached hydrogens (tertiary/aromatic N) is 2. The van der Waals surface area contributed by atoms with Crippen LogP contribution in [0.3, 0.4) is 0 Å². The van der Waals surface area contributed by atoms with Crippen molar-refractivity contribution >= 4 is 34.6 Å². The topological polar surface area (TPSA) is 115 Å². The van der Waals surface area contributed by atoms with Crippen LogP contribution in [0.2, 0.25) is 5.02 Å². The van der Waals surface area contributed by atoms with Crippen LogP contribution < -0.4 is 5.32 Å². The highest BCUT2D eigenvalue weighted by atomic mass is 35.5. The zero-order valence-electron chi connectivity index (χ0n) is 10.9. The summed E-state index contributed by atoms with van der Waals surface area (Å²) in [6.45, 7) is 0. The predicted molar refractivity (Wildman–Crippen MR) is 79.2 cm³/mol. The molecule has 0 radical (unpaired) electrons. The summed E-state index contributed by atoms with van der Waals surface area (Å²) in [6.07, 6.45) is 0. The van der Waals surface area contributed by atoms with Crippen molar-refractivity contribution in [1.82, 2.24) is 0 Å². The number of carbonyl (C=O) groups excluding carboxylic acids is 1.